The van der Waals surface area contributed by atoms with Gasteiger partial charge >= 0.3 is 6.18 Å². The number of ether oxygens (including phenoxy) is 1. The summed E-state index contributed by atoms with van der Waals surface area (Å²) in [5, 5.41) is 0. The van der Waals surface area contributed by atoms with Gasteiger partial charge in [0.2, 0.25) is 0 Å². The third kappa shape index (κ3) is 3.92. The first-order valence-electron chi connectivity index (χ1n) is 6.17. The van der Waals surface area contributed by atoms with Crippen LogP contribution in [0.3, 0.4) is 0 Å². The van der Waals surface area contributed by atoms with Crippen LogP contribution in [0.5, 0.6) is 5.75 Å². The minimum atomic E-state index is -4.60. The van der Waals surface area contributed by atoms with Gasteiger partial charge in [0.05, 0.1) is 17.6 Å². The molecule has 2 rings (SSSR count). The summed E-state index contributed by atoms with van der Waals surface area (Å²) in [4.78, 5) is -0.340. The maximum atomic E-state index is 13.3. The van der Waals surface area contributed by atoms with E-state index in [-0.39, 0.29) is 16.3 Å². The Morgan fingerprint density at radius 1 is 1.09 bits per heavy atom. The predicted octanol–water partition coefficient (Wildman–Crippen LogP) is 3.65. The lowest BCUT2D eigenvalue weighted by molar-refractivity contribution is -0.137. The highest BCUT2D eigenvalue weighted by atomic mass is 32.2. The van der Waals surface area contributed by atoms with Crippen molar-refractivity contribution in [1.29, 1.82) is 0 Å². The summed E-state index contributed by atoms with van der Waals surface area (Å²) < 4.78 is 82.2. The second-order valence-corrected chi connectivity index (χ2v) is 6.16. The van der Waals surface area contributed by atoms with E-state index < -0.39 is 27.6 Å². The molecule has 0 fully saturated rings. The molecule has 0 saturated heterocycles. The minimum Gasteiger partial charge on any atom is -0.494 e. The Bertz CT molecular complexity index is 819. The molecule has 2 aromatic carbocycles. The normalized spacial score (nSPS) is 12.0. The summed E-state index contributed by atoms with van der Waals surface area (Å²) in [6.45, 7) is 0. The standard InChI is InChI=1S/C14H11F4NO3S/c1-22-13-8-11(5-6-12(13)15)23(20,21)19-10-4-2-3-9(7-10)14(16,17)18/h2-8,19H,1H3. The van der Waals surface area contributed by atoms with Gasteiger partial charge in [-0.15, -0.1) is 0 Å². The fourth-order valence-corrected chi connectivity index (χ4v) is 2.84. The summed E-state index contributed by atoms with van der Waals surface area (Å²) in [6.07, 6.45) is -4.60. The number of nitrogens with one attached hydrogen (secondary N) is 1. The molecule has 0 bridgehead atoms. The molecule has 124 valence electrons. The number of hydrogen-bond acceptors (Lipinski definition) is 3. The van der Waals surface area contributed by atoms with Crippen molar-refractivity contribution in [2.24, 2.45) is 0 Å². The molecule has 0 heterocycles. The Morgan fingerprint density at radius 2 is 1.78 bits per heavy atom. The van der Waals surface area contributed by atoms with E-state index in [2.05, 4.69) is 4.74 Å². The number of methoxy groups -OCH3 is 1. The average molecular weight is 349 g/mol. The molecule has 0 saturated carbocycles. The van der Waals surface area contributed by atoms with Gasteiger partial charge in [0.1, 0.15) is 0 Å². The Kier molecular flexibility index (Phi) is 4.51. The van der Waals surface area contributed by atoms with Crippen LogP contribution in [0.25, 0.3) is 0 Å². The zero-order valence-electron chi connectivity index (χ0n) is 11.7. The van der Waals surface area contributed by atoms with Crippen LogP contribution in [0.4, 0.5) is 23.2 Å². The topological polar surface area (TPSA) is 55.4 Å². The summed E-state index contributed by atoms with van der Waals surface area (Å²) in [5.74, 6) is -1.05. The smallest absolute Gasteiger partial charge is 0.416 e. The zero-order chi connectivity index (χ0) is 17.3. The molecule has 0 atom stereocenters. The van der Waals surface area contributed by atoms with Crippen molar-refractivity contribution < 1.29 is 30.7 Å². The Balaban J connectivity index is 2.35. The summed E-state index contributed by atoms with van der Waals surface area (Å²) >= 11 is 0. The third-order valence-corrected chi connectivity index (χ3v) is 4.25. The highest BCUT2D eigenvalue weighted by Gasteiger charge is 2.30. The van der Waals surface area contributed by atoms with Gasteiger partial charge in [-0.2, -0.15) is 13.2 Å². The summed E-state index contributed by atoms with van der Waals surface area (Å²) in [5.41, 5.74) is -1.25. The molecule has 0 aliphatic rings. The van der Waals surface area contributed by atoms with Crippen LogP contribution in [0.15, 0.2) is 47.4 Å². The van der Waals surface area contributed by atoms with Crippen molar-refractivity contribution in [2.45, 2.75) is 11.1 Å². The lowest BCUT2D eigenvalue weighted by atomic mass is 10.2. The van der Waals surface area contributed by atoms with E-state index in [0.717, 1.165) is 37.4 Å². The zero-order valence-corrected chi connectivity index (χ0v) is 12.5. The van der Waals surface area contributed by atoms with E-state index in [1.807, 2.05) is 4.72 Å². The Morgan fingerprint density at radius 3 is 2.39 bits per heavy atom. The molecule has 1 N–H and O–H groups in total. The SMILES string of the molecule is COc1cc(S(=O)(=O)Nc2cccc(C(F)(F)F)c2)ccc1F. The number of halogens is 4. The van der Waals surface area contributed by atoms with E-state index >= 15 is 0 Å². The molecule has 0 radical (unpaired) electrons. The average Bonchev–Trinajstić information content (AvgIpc) is 2.46. The molecule has 4 nitrogen and oxygen atoms in total. The van der Waals surface area contributed by atoms with Crippen molar-refractivity contribution >= 4 is 15.7 Å². The van der Waals surface area contributed by atoms with Crippen LogP contribution in [0, 0.1) is 5.82 Å². The molecule has 0 aliphatic heterocycles. The van der Waals surface area contributed by atoms with Gasteiger partial charge in [-0.1, -0.05) is 6.07 Å². The second kappa shape index (κ2) is 6.07. The van der Waals surface area contributed by atoms with Gasteiger partial charge < -0.3 is 4.74 Å². The van der Waals surface area contributed by atoms with Crippen molar-refractivity contribution in [3.8, 4) is 5.75 Å². The maximum absolute atomic E-state index is 13.3. The lowest BCUT2D eigenvalue weighted by Gasteiger charge is -2.12. The summed E-state index contributed by atoms with van der Waals surface area (Å²) in [6, 6.07) is 6.54. The van der Waals surface area contributed by atoms with Crippen LogP contribution in [0.2, 0.25) is 0 Å². The number of benzene rings is 2. The monoisotopic (exact) mass is 349 g/mol. The van der Waals surface area contributed by atoms with Gasteiger partial charge in [0.15, 0.2) is 11.6 Å². The first kappa shape index (κ1) is 17.1. The van der Waals surface area contributed by atoms with Gasteiger partial charge in [-0.3, -0.25) is 4.72 Å². The molecule has 2 aromatic rings. The number of anilines is 1. The van der Waals surface area contributed by atoms with Gasteiger partial charge in [-0.05, 0) is 30.3 Å². The number of rotatable bonds is 4. The molecular formula is C14H11F4NO3S. The van der Waals surface area contributed by atoms with Crippen molar-refractivity contribution in [2.75, 3.05) is 11.8 Å². The highest BCUT2D eigenvalue weighted by molar-refractivity contribution is 7.92. The van der Waals surface area contributed by atoms with E-state index in [4.69, 9.17) is 0 Å². The quantitative estimate of drug-likeness (QED) is 0.857. The molecule has 0 spiro atoms. The van der Waals surface area contributed by atoms with E-state index in [1.165, 1.54) is 6.07 Å². The first-order chi connectivity index (χ1) is 10.6. The van der Waals surface area contributed by atoms with Crippen molar-refractivity contribution in [3.63, 3.8) is 0 Å². The Hall–Kier alpha value is -2.29. The van der Waals surface area contributed by atoms with Gasteiger partial charge in [0.25, 0.3) is 10.0 Å². The second-order valence-electron chi connectivity index (χ2n) is 4.48. The van der Waals surface area contributed by atoms with Crippen LogP contribution in [0.1, 0.15) is 5.56 Å². The van der Waals surface area contributed by atoms with Crippen molar-refractivity contribution in [1.82, 2.24) is 0 Å². The van der Waals surface area contributed by atoms with E-state index in [0.29, 0.717) is 6.07 Å². The van der Waals surface area contributed by atoms with Crippen LogP contribution < -0.4 is 9.46 Å². The number of hydrogen-bond donors (Lipinski definition) is 1. The molecule has 0 amide bonds. The molecule has 23 heavy (non-hydrogen) atoms. The molecule has 0 aromatic heterocycles. The van der Waals surface area contributed by atoms with Crippen molar-refractivity contribution in [3.05, 3.63) is 53.8 Å². The number of alkyl halides is 3. The largest absolute Gasteiger partial charge is 0.494 e. The fraction of sp³-hybridized carbons (Fsp3) is 0.143. The highest BCUT2D eigenvalue weighted by Crippen LogP contribution is 2.31. The van der Waals surface area contributed by atoms with Crippen LogP contribution >= 0.6 is 0 Å². The Labute approximate surface area is 129 Å². The maximum Gasteiger partial charge on any atom is 0.416 e. The first-order valence-corrected chi connectivity index (χ1v) is 7.65. The van der Waals surface area contributed by atoms with E-state index in [9.17, 15) is 26.0 Å². The predicted molar refractivity (Wildman–Crippen MR) is 75.2 cm³/mol. The third-order valence-electron chi connectivity index (χ3n) is 2.87. The number of sulfonamides is 1. The molecule has 9 heteroatoms. The fourth-order valence-electron chi connectivity index (χ4n) is 1.78. The van der Waals surface area contributed by atoms with Gasteiger partial charge in [-0.25, -0.2) is 12.8 Å². The molecule has 0 aliphatic carbocycles. The minimum absolute atomic E-state index is 0.261. The van der Waals surface area contributed by atoms with E-state index in [1.54, 1.807) is 0 Å². The van der Waals surface area contributed by atoms with Crippen LogP contribution in [-0.4, -0.2) is 15.5 Å². The summed E-state index contributed by atoms with van der Waals surface area (Å²) in [7, 11) is -3.03. The molecule has 0 unspecified atom stereocenters. The van der Waals surface area contributed by atoms with Gasteiger partial charge in [0, 0.05) is 11.8 Å². The lowest BCUT2D eigenvalue weighted by Crippen LogP contribution is -2.14. The molecular weight excluding hydrogens is 338 g/mol. The van der Waals surface area contributed by atoms with Crippen LogP contribution in [-0.2, 0) is 16.2 Å².